The molecule has 2 aromatic heterocycles. The average Bonchev–Trinajstić information content (AvgIpc) is 2.49. The number of pyridine rings is 1. The van der Waals surface area contributed by atoms with Gasteiger partial charge in [0.15, 0.2) is 0 Å². The van der Waals surface area contributed by atoms with Crippen molar-refractivity contribution in [1.29, 1.82) is 0 Å². The van der Waals surface area contributed by atoms with Crippen molar-refractivity contribution >= 4 is 22.8 Å². The number of hydrazone groups is 1. The average molecular weight is 297 g/mol. The summed E-state index contributed by atoms with van der Waals surface area (Å²) in [5.41, 5.74) is 2.51. The highest BCUT2D eigenvalue weighted by Gasteiger charge is 2.05. The minimum Gasteiger partial charge on any atom is -0.494 e. The van der Waals surface area contributed by atoms with Crippen LogP contribution < -0.4 is 16.7 Å². The molecule has 4 N–H and O–H groups in total. The summed E-state index contributed by atoms with van der Waals surface area (Å²) in [5.74, 6) is -0.545. The maximum absolute atomic E-state index is 11.5. The smallest absolute Gasteiger partial charge is 0.328 e. The number of H-pyrrole nitrogens is 2. The molecular formula is C14H11N5O3. The molecule has 8 nitrogen and oxygen atoms in total. The highest BCUT2D eigenvalue weighted by Crippen LogP contribution is 2.15. The van der Waals surface area contributed by atoms with Gasteiger partial charge in [-0.1, -0.05) is 18.2 Å². The van der Waals surface area contributed by atoms with Gasteiger partial charge in [0.25, 0.3) is 5.56 Å². The minimum absolute atomic E-state index is 0.152. The third-order valence-corrected chi connectivity index (χ3v) is 2.94. The van der Waals surface area contributed by atoms with Crippen LogP contribution in [0.15, 0.2) is 51.2 Å². The van der Waals surface area contributed by atoms with Gasteiger partial charge in [0.2, 0.25) is 5.88 Å². The van der Waals surface area contributed by atoms with Crippen LogP contribution in [0.25, 0.3) is 10.9 Å². The van der Waals surface area contributed by atoms with E-state index in [0.29, 0.717) is 5.69 Å². The molecule has 0 fully saturated rings. The van der Waals surface area contributed by atoms with Crippen LogP contribution in [-0.4, -0.2) is 26.3 Å². The van der Waals surface area contributed by atoms with E-state index < -0.39 is 17.1 Å². The van der Waals surface area contributed by atoms with Crippen LogP contribution >= 0.6 is 0 Å². The number of hydrogen-bond acceptors (Lipinski definition) is 6. The van der Waals surface area contributed by atoms with Crippen LogP contribution in [0.3, 0.4) is 0 Å². The molecule has 0 aliphatic heterocycles. The largest absolute Gasteiger partial charge is 0.494 e. The number of nitrogens with zero attached hydrogens (tertiary/aromatic N) is 2. The molecule has 3 rings (SSSR count). The number of nitrogens with one attached hydrogen (secondary N) is 3. The van der Waals surface area contributed by atoms with E-state index in [1.165, 1.54) is 0 Å². The van der Waals surface area contributed by atoms with E-state index in [4.69, 9.17) is 0 Å². The van der Waals surface area contributed by atoms with Crippen molar-refractivity contribution < 1.29 is 5.11 Å². The van der Waals surface area contributed by atoms with Gasteiger partial charge in [0.05, 0.1) is 23.6 Å². The molecule has 0 bridgehead atoms. The first-order chi connectivity index (χ1) is 10.6. The molecule has 0 unspecified atom stereocenters. The maximum Gasteiger partial charge on any atom is 0.328 e. The predicted molar refractivity (Wildman–Crippen MR) is 82.3 cm³/mol. The van der Waals surface area contributed by atoms with Gasteiger partial charge < -0.3 is 5.11 Å². The number of para-hydroxylation sites is 1. The van der Waals surface area contributed by atoms with Gasteiger partial charge >= 0.3 is 5.69 Å². The zero-order valence-corrected chi connectivity index (χ0v) is 11.2. The number of fused-ring (bicyclic) bond motifs is 1. The third-order valence-electron chi connectivity index (χ3n) is 2.94. The van der Waals surface area contributed by atoms with Crippen molar-refractivity contribution in [3.63, 3.8) is 0 Å². The van der Waals surface area contributed by atoms with Gasteiger partial charge in [-0.05, 0) is 12.1 Å². The lowest BCUT2D eigenvalue weighted by Gasteiger charge is -2.02. The summed E-state index contributed by atoms with van der Waals surface area (Å²) in [5, 5.41) is 14.3. The van der Waals surface area contributed by atoms with Crippen LogP contribution in [0.2, 0.25) is 0 Å². The van der Waals surface area contributed by atoms with E-state index in [-0.39, 0.29) is 5.56 Å². The first kappa shape index (κ1) is 13.6. The zero-order chi connectivity index (χ0) is 15.5. The minimum atomic E-state index is -0.786. The summed E-state index contributed by atoms with van der Waals surface area (Å²) in [7, 11) is 0. The Morgan fingerprint density at radius 3 is 2.86 bits per heavy atom. The zero-order valence-electron chi connectivity index (χ0n) is 11.2. The first-order valence-corrected chi connectivity index (χ1v) is 6.33. The summed E-state index contributed by atoms with van der Waals surface area (Å²) < 4.78 is 0. The topological polar surface area (TPSA) is 123 Å². The summed E-state index contributed by atoms with van der Waals surface area (Å²) in [4.78, 5) is 30.8. The molecule has 110 valence electrons. The van der Waals surface area contributed by atoms with E-state index in [0.717, 1.165) is 17.1 Å². The summed E-state index contributed by atoms with van der Waals surface area (Å²) in [6.45, 7) is 0. The van der Waals surface area contributed by atoms with Crippen LogP contribution in [-0.2, 0) is 0 Å². The fourth-order valence-electron chi connectivity index (χ4n) is 1.91. The molecule has 1 aromatic carbocycles. The van der Waals surface area contributed by atoms with E-state index in [1.54, 1.807) is 6.20 Å². The number of aromatic nitrogens is 3. The fourth-order valence-corrected chi connectivity index (χ4v) is 1.91. The molecule has 0 aliphatic carbocycles. The fraction of sp³-hybridized carbons (Fsp3) is 0. The lowest BCUT2D eigenvalue weighted by molar-refractivity contribution is 0.447. The second-order valence-electron chi connectivity index (χ2n) is 4.46. The van der Waals surface area contributed by atoms with Crippen molar-refractivity contribution in [1.82, 2.24) is 15.0 Å². The SMILES string of the molecule is O=c1[nH]c(O)c(C=NNc2cnc3ccccc3c2)c(=O)[nH]1. The predicted octanol–water partition coefficient (Wildman–Crippen LogP) is 0.763. The van der Waals surface area contributed by atoms with Gasteiger partial charge in [0, 0.05) is 5.39 Å². The second kappa shape index (κ2) is 5.52. The first-order valence-electron chi connectivity index (χ1n) is 6.33. The number of anilines is 1. The molecule has 0 radical (unpaired) electrons. The molecule has 0 saturated carbocycles. The Morgan fingerprint density at radius 2 is 2.05 bits per heavy atom. The van der Waals surface area contributed by atoms with Crippen LogP contribution in [0.5, 0.6) is 5.88 Å². The van der Waals surface area contributed by atoms with Crippen molar-refractivity contribution in [3.8, 4) is 5.88 Å². The van der Waals surface area contributed by atoms with E-state index >= 15 is 0 Å². The molecule has 0 spiro atoms. The maximum atomic E-state index is 11.5. The molecule has 0 saturated heterocycles. The van der Waals surface area contributed by atoms with Crippen molar-refractivity contribution in [2.75, 3.05) is 5.43 Å². The highest BCUT2D eigenvalue weighted by molar-refractivity contribution is 5.83. The lowest BCUT2D eigenvalue weighted by atomic mass is 10.2. The molecule has 0 amide bonds. The Morgan fingerprint density at radius 1 is 1.23 bits per heavy atom. The van der Waals surface area contributed by atoms with Crippen LogP contribution in [0.1, 0.15) is 5.56 Å². The van der Waals surface area contributed by atoms with E-state index in [9.17, 15) is 14.7 Å². The highest BCUT2D eigenvalue weighted by atomic mass is 16.3. The standard InChI is InChI=1S/C14H11N5O3/c20-12-10(13(21)18-14(22)17-12)7-16-19-9-5-8-3-1-2-4-11(8)15-6-9/h1-7,19H,(H3,17,18,20,21,22). The summed E-state index contributed by atoms with van der Waals surface area (Å²) >= 11 is 0. The number of aromatic hydroxyl groups is 1. The van der Waals surface area contributed by atoms with Crippen molar-refractivity contribution in [2.24, 2.45) is 5.10 Å². The normalized spacial score (nSPS) is 11.1. The molecule has 3 aromatic rings. The number of benzene rings is 1. The van der Waals surface area contributed by atoms with E-state index in [2.05, 4.69) is 20.5 Å². The molecule has 0 aliphatic rings. The molecular weight excluding hydrogens is 286 g/mol. The van der Waals surface area contributed by atoms with Gasteiger partial charge in [-0.2, -0.15) is 5.10 Å². The van der Waals surface area contributed by atoms with Gasteiger partial charge in [-0.15, -0.1) is 0 Å². The summed E-state index contributed by atoms with van der Waals surface area (Å²) in [6.07, 6.45) is 2.70. The Bertz CT molecular complexity index is 974. The molecule has 0 atom stereocenters. The Balaban J connectivity index is 1.84. The quantitative estimate of drug-likeness (QED) is 0.420. The van der Waals surface area contributed by atoms with Gasteiger partial charge in [-0.25, -0.2) is 4.79 Å². The van der Waals surface area contributed by atoms with Crippen molar-refractivity contribution in [3.05, 3.63) is 62.9 Å². The molecule has 22 heavy (non-hydrogen) atoms. The number of hydrogen-bond donors (Lipinski definition) is 4. The third kappa shape index (κ3) is 2.70. The second-order valence-corrected chi connectivity index (χ2v) is 4.46. The number of rotatable bonds is 3. The van der Waals surface area contributed by atoms with E-state index in [1.807, 2.05) is 35.3 Å². The molecule has 8 heteroatoms. The lowest BCUT2D eigenvalue weighted by Crippen LogP contribution is -2.25. The van der Waals surface area contributed by atoms with Crippen LogP contribution in [0, 0.1) is 0 Å². The Labute approximate surface area is 123 Å². The Kier molecular flexibility index (Phi) is 3.40. The molecule has 2 heterocycles. The van der Waals surface area contributed by atoms with Gasteiger partial charge in [0.1, 0.15) is 5.56 Å². The monoisotopic (exact) mass is 297 g/mol. The summed E-state index contributed by atoms with van der Waals surface area (Å²) in [6, 6.07) is 9.44. The van der Waals surface area contributed by atoms with Gasteiger partial charge in [-0.3, -0.25) is 25.2 Å². The number of aromatic amines is 2. The van der Waals surface area contributed by atoms with Crippen molar-refractivity contribution in [2.45, 2.75) is 0 Å². The Hall–Kier alpha value is -3.42. The van der Waals surface area contributed by atoms with Crippen LogP contribution in [0.4, 0.5) is 5.69 Å².